The van der Waals surface area contributed by atoms with Crippen molar-refractivity contribution in [3.8, 4) is 0 Å². The third-order valence-electron chi connectivity index (χ3n) is 5.59. The van der Waals surface area contributed by atoms with Crippen LogP contribution in [-0.2, 0) is 16.0 Å². The van der Waals surface area contributed by atoms with Gasteiger partial charge in [0.1, 0.15) is 4.88 Å². The lowest BCUT2D eigenvalue weighted by Crippen LogP contribution is -2.39. The number of aliphatic hydroxyl groups is 1. The van der Waals surface area contributed by atoms with Crippen molar-refractivity contribution in [2.75, 3.05) is 25.2 Å². The minimum absolute atomic E-state index is 0.0975. The van der Waals surface area contributed by atoms with Gasteiger partial charge >= 0.3 is 5.97 Å². The zero-order valence-corrected chi connectivity index (χ0v) is 19.2. The van der Waals surface area contributed by atoms with Gasteiger partial charge in [-0.1, -0.05) is 38.3 Å². The van der Waals surface area contributed by atoms with Gasteiger partial charge < -0.3 is 9.84 Å². The summed E-state index contributed by atoms with van der Waals surface area (Å²) < 4.78 is 4.76. The first kappa shape index (κ1) is 23.4. The molecule has 31 heavy (non-hydrogen) atoms. The summed E-state index contributed by atoms with van der Waals surface area (Å²) in [6.45, 7) is 3.62. The molecule has 0 bridgehead atoms. The second kappa shape index (κ2) is 11.4. The Morgan fingerprint density at radius 3 is 2.65 bits per heavy atom. The van der Waals surface area contributed by atoms with Crippen LogP contribution in [0.5, 0.6) is 0 Å². The lowest BCUT2D eigenvalue weighted by atomic mass is 10.0. The second-order valence-corrected chi connectivity index (χ2v) is 9.04. The van der Waals surface area contributed by atoms with Gasteiger partial charge in [-0.15, -0.1) is 11.3 Å². The van der Waals surface area contributed by atoms with Crippen LogP contribution >= 0.6 is 11.3 Å². The topological polar surface area (TPSA) is 70.1 Å². The molecule has 1 amide bonds. The molecule has 1 unspecified atom stereocenters. The number of aliphatic hydroxyl groups excluding tert-OH is 1. The number of carbonyl (C=O) groups is 2. The first-order valence-electron chi connectivity index (χ1n) is 11.1. The first-order chi connectivity index (χ1) is 15.0. The summed E-state index contributed by atoms with van der Waals surface area (Å²) in [5.41, 5.74) is 1.74. The molecule has 1 aliphatic heterocycles. The fourth-order valence-corrected chi connectivity index (χ4v) is 4.83. The third-order valence-corrected chi connectivity index (χ3v) is 6.72. The highest BCUT2D eigenvalue weighted by Gasteiger charge is 2.30. The van der Waals surface area contributed by atoms with Crippen molar-refractivity contribution in [1.29, 1.82) is 0 Å². The Kier molecular flexibility index (Phi) is 8.63. The maximum atomic E-state index is 12.5. The van der Waals surface area contributed by atoms with Crippen LogP contribution in [0, 0.1) is 0 Å². The van der Waals surface area contributed by atoms with Crippen LogP contribution in [0.15, 0.2) is 36.4 Å². The average Bonchev–Trinajstić information content (AvgIpc) is 3.40. The molecule has 1 N–H and O–H groups in total. The first-order valence-corrected chi connectivity index (χ1v) is 11.9. The minimum Gasteiger partial charge on any atom is -0.465 e. The van der Waals surface area contributed by atoms with Crippen LogP contribution in [0.1, 0.15) is 71.7 Å². The van der Waals surface area contributed by atoms with Gasteiger partial charge in [-0.2, -0.15) is 0 Å². The molecule has 1 saturated heterocycles. The molecule has 1 aliphatic rings. The second-order valence-electron chi connectivity index (χ2n) is 7.87. The molecule has 1 aromatic carbocycles. The van der Waals surface area contributed by atoms with E-state index in [0.29, 0.717) is 17.8 Å². The zero-order chi connectivity index (χ0) is 22.2. The Balaban J connectivity index is 1.55. The molecule has 0 saturated carbocycles. The van der Waals surface area contributed by atoms with Gasteiger partial charge in [0.2, 0.25) is 5.91 Å². The molecule has 168 valence electrons. The zero-order valence-electron chi connectivity index (χ0n) is 18.4. The summed E-state index contributed by atoms with van der Waals surface area (Å²) >= 11 is 1.46. The van der Waals surface area contributed by atoms with E-state index in [1.54, 1.807) is 11.1 Å². The highest BCUT2D eigenvalue weighted by molar-refractivity contribution is 7.13. The van der Waals surface area contributed by atoms with Crippen molar-refractivity contribution < 1.29 is 19.4 Å². The number of amides is 1. The standard InChI is InChI=1S/C24H32N2O4S/c1-3-4-5-8-21(27)18-9-11-19(12-10-18)26-23(28)15-17-25(26)16-6-7-20-13-14-22(31-20)24(29)30-2/h9-14,21,27H,3-8,15-17H2,1-2H3. The summed E-state index contributed by atoms with van der Waals surface area (Å²) in [6, 6.07) is 11.5. The smallest absolute Gasteiger partial charge is 0.348 e. The molecule has 3 rings (SSSR count). The van der Waals surface area contributed by atoms with Gasteiger partial charge in [0, 0.05) is 24.4 Å². The molecule has 2 aromatic rings. The Hall–Kier alpha value is -2.22. The van der Waals surface area contributed by atoms with E-state index in [1.165, 1.54) is 18.4 Å². The quantitative estimate of drug-likeness (QED) is 0.401. The molecule has 1 aromatic heterocycles. The van der Waals surface area contributed by atoms with Crippen LogP contribution in [-0.4, -0.2) is 42.2 Å². The molecule has 1 atom stereocenters. The molecule has 7 heteroatoms. The maximum absolute atomic E-state index is 12.5. The molecule has 6 nitrogen and oxygen atoms in total. The predicted molar refractivity (Wildman–Crippen MR) is 123 cm³/mol. The van der Waals surface area contributed by atoms with Gasteiger partial charge in [-0.05, 0) is 49.1 Å². The summed E-state index contributed by atoms with van der Waals surface area (Å²) in [5.74, 6) is -0.202. The summed E-state index contributed by atoms with van der Waals surface area (Å²) in [7, 11) is 1.39. The summed E-state index contributed by atoms with van der Waals surface area (Å²) in [6.07, 6.45) is 5.84. The lowest BCUT2D eigenvalue weighted by molar-refractivity contribution is -0.118. The number of rotatable bonds is 11. The molecule has 0 radical (unpaired) electrons. The SMILES string of the molecule is CCCCCC(O)c1ccc(N2C(=O)CCN2CCCc2ccc(C(=O)OC)s2)cc1. The monoisotopic (exact) mass is 444 g/mol. The highest BCUT2D eigenvalue weighted by atomic mass is 32.1. The normalized spacial score (nSPS) is 15.5. The van der Waals surface area contributed by atoms with Crippen LogP contribution < -0.4 is 5.01 Å². The van der Waals surface area contributed by atoms with Crippen LogP contribution in [0.4, 0.5) is 5.69 Å². The number of unbranched alkanes of at least 4 members (excludes halogenated alkanes) is 2. The number of benzene rings is 1. The van der Waals surface area contributed by atoms with Crippen molar-refractivity contribution in [2.45, 2.75) is 58.0 Å². The summed E-state index contributed by atoms with van der Waals surface area (Å²) in [5, 5.41) is 14.2. The number of anilines is 1. The number of nitrogens with zero attached hydrogens (tertiary/aromatic N) is 2. The van der Waals surface area contributed by atoms with Crippen molar-refractivity contribution in [2.24, 2.45) is 0 Å². The van der Waals surface area contributed by atoms with Gasteiger partial charge in [0.25, 0.3) is 0 Å². The van der Waals surface area contributed by atoms with E-state index in [-0.39, 0.29) is 11.9 Å². The number of hydrazine groups is 1. The van der Waals surface area contributed by atoms with E-state index in [9.17, 15) is 14.7 Å². The highest BCUT2D eigenvalue weighted by Crippen LogP contribution is 2.27. The molecule has 1 fully saturated rings. The van der Waals surface area contributed by atoms with E-state index >= 15 is 0 Å². The number of aryl methyl sites for hydroxylation is 1. The number of thiophene rings is 1. The number of ether oxygens (including phenoxy) is 1. The third kappa shape index (κ3) is 6.15. The number of carbonyl (C=O) groups excluding carboxylic acids is 2. The molecule has 0 aliphatic carbocycles. The number of hydrogen-bond donors (Lipinski definition) is 1. The maximum Gasteiger partial charge on any atom is 0.348 e. The number of methoxy groups -OCH3 is 1. The minimum atomic E-state index is -0.452. The Labute approximate surface area is 188 Å². The Bertz CT molecular complexity index is 865. The van der Waals surface area contributed by atoms with Gasteiger partial charge in [0.15, 0.2) is 0 Å². The fraction of sp³-hybridized carbons (Fsp3) is 0.500. The molecular weight excluding hydrogens is 412 g/mol. The van der Waals surface area contributed by atoms with Crippen molar-refractivity contribution >= 4 is 28.9 Å². The molecule has 2 heterocycles. The summed E-state index contributed by atoms with van der Waals surface area (Å²) in [4.78, 5) is 25.9. The van der Waals surface area contributed by atoms with E-state index in [0.717, 1.165) is 61.2 Å². The van der Waals surface area contributed by atoms with E-state index in [1.807, 2.05) is 30.3 Å². The van der Waals surface area contributed by atoms with Crippen molar-refractivity contribution in [3.63, 3.8) is 0 Å². The van der Waals surface area contributed by atoms with Crippen molar-refractivity contribution in [3.05, 3.63) is 51.7 Å². The van der Waals surface area contributed by atoms with Crippen LogP contribution in [0.2, 0.25) is 0 Å². The largest absolute Gasteiger partial charge is 0.465 e. The lowest BCUT2D eigenvalue weighted by Gasteiger charge is -2.28. The van der Waals surface area contributed by atoms with Gasteiger partial charge in [-0.25, -0.2) is 14.8 Å². The number of esters is 1. The van der Waals surface area contributed by atoms with E-state index < -0.39 is 6.10 Å². The van der Waals surface area contributed by atoms with Gasteiger partial charge in [0.05, 0.1) is 18.9 Å². The van der Waals surface area contributed by atoms with Gasteiger partial charge in [-0.3, -0.25) is 4.79 Å². The predicted octanol–water partition coefficient (Wildman–Crippen LogP) is 4.73. The van der Waals surface area contributed by atoms with Crippen LogP contribution in [0.25, 0.3) is 0 Å². The molecule has 0 spiro atoms. The fourth-order valence-electron chi connectivity index (χ4n) is 3.86. The Morgan fingerprint density at radius 1 is 1.16 bits per heavy atom. The van der Waals surface area contributed by atoms with E-state index in [4.69, 9.17) is 4.74 Å². The number of hydrogen-bond acceptors (Lipinski definition) is 6. The van der Waals surface area contributed by atoms with Crippen molar-refractivity contribution in [1.82, 2.24) is 5.01 Å². The molecular formula is C24H32N2O4S. The average molecular weight is 445 g/mol. The van der Waals surface area contributed by atoms with E-state index in [2.05, 4.69) is 11.9 Å². The van der Waals surface area contributed by atoms with Crippen LogP contribution in [0.3, 0.4) is 0 Å². The Morgan fingerprint density at radius 2 is 1.94 bits per heavy atom.